The molecule has 0 spiro atoms. The molecule has 1 heterocycles. The van der Waals surface area contributed by atoms with Crippen molar-refractivity contribution in [3.63, 3.8) is 0 Å². The average Bonchev–Trinajstić information content (AvgIpc) is 2.99. The lowest BCUT2D eigenvalue weighted by molar-refractivity contribution is -0.123. The van der Waals surface area contributed by atoms with E-state index in [-0.39, 0.29) is 17.6 Å². The second-order valence-corrected chi connectivity index (χ2v) is 8.52. The van der Waals surface area contributed by atoms with E-state index in [4.69, 9.17) is 4.99 Å². The summed E-state index contributed by atoms with van der Waals surface area (Å²) in [6.45, 7) is 1.87. The van der Waals surface area contributed by atoms with Gasteiger partial charge in [0.2, 0.25) is 5.91 Å². The van der Waals surface area contributed by atoms with Crippen molar-refractivity contribution in [2.24, 2.45) is 10.9 Å². The summed E-state index contributed by atoms with van der Waals surface area (Å²) in [6.07, 6.45) is 1.54. The lowest BCUT2D eigenvalue weighted by Gasteiger charge is -2.38. The number of para-hydroxylation sites is 2. The summed E-state index contributed by atoms with van der Waals surface area (Å²) < 4.78 is 0. The predicted octanol–water partition coefficient (Wildman–Crippen LogP) is 6.02. The van der Waals surface area contributed by atoms with E-state index in [9.17, 15) is 9.59 Å². The number of anilines is 1. The number of amides is 1. The van der Waals surface area contributed by atoms with Crippen molar-refractivity contribution < 1.29 is 9.59 Å². The summed E-state index contributed by atoms with van der Waals surface area (Å²) in [5.74, 6) is -0.184. The first kappa shape index (κ1) is 20.4. The standard InChI is InChI=1S/C28H26N2O2/c1-2-26(32)30-24-16-10-9-15-22(24)29-23-17-21(19-11-5-3-6-12-19)18-25(31)27(23)28(30)20-13-7-4-8-14-20/h3-16,21,27-28H,2,17-18H2,1H3/t21-,27?,28+/m0/s1. The van der Waals surface area contributed by atoms with Gasteiger partial charge in [-0.15, -0.1) is 0 Å². The third kappa shape index (κ3) is 3.56. The minimum absolute atomic E-state index is 0.000681. The van der Waals surface area contributed by atoms with Crippen LogP contribution in [-0.4, -0.2) is 17.4 Å². The molecule has 3 atom stereocenters. The number of hydrogen-bond donors (Lipinski definition) is 0. The Morgan fingerprint density at radius 3 is 2.19 bits per heavy atom. The number of hydrogen-bond acceptors (Lipinski definition) is 3. The van der Waals surface area contributed by atoms with Crippen LogP contribution < -0.4 is 4.90 Å². The lowest BCUT2D eigenvalue weighted by Crippen LogP contribution is -2.45. The molecule has 1 saturated carbocycles. The fraction of sp³-hybridized carbons (Fsp3) is 0.250. The Kier molecular flexibility index (Phi) is 5.44. The zero-order valence-electron chi connectivity index (χ0n) is 18.1. The van der Waals surface area contributed by atoms with E-state index in [1.54, 1.807) is 0 Å². The molecule has 1 fully saturated rings. The fourth-order valence-corrected chi connectivity index (χ4v) is 5.11. The van der Waals surface area contributed by atoms with Crippen LogP contribution in [0.3, 0.4) is 0 Å². The van der Waals surface area contributed by atoms with E-state index < -0.39 is 12.0 Å². The molecule has 4 heteroatoms. The fourth-order valence-electron chi connectivity index (χ4n) is 5.11. The molecule has 1 amide bonds. The Morgan fingerprint density at radius 1 is 0.875 bits per heavy atom. The topological polar surface area (TPSA) is 49.7 Å². The monoisotopic (exact) mass is 422 g/mol. The average molecular weight is 423 g/mol. The molecule has 0 bridgehead atoms. The minimum atomic E-state index is -0.444. The van der Waals surface area contributed by atoms with Gasteiger partial charge in [0.1, 0.15) is 5.78 Å². The molecule has 3 aromatic rings. The van der Waals surface area contributed by atoms with Gasteiger partial charge < -0.3 is 4.90 Å². The first-order chi connectivity index (χ1) is 15.7. The van der Waals surface area contributed by atoms with Crippen molar-refractivity contribution in [1.82, 2.24) is 0 Å². The van der Waals surface area contributed by atoms with Gasteiger partial charge in [-0.25, -0.2) is 0 Å². The van der Waals surface area contributed by atoms with Crippen LogP contribution >= 0.6 is 0 Å². The summed E-state index contributed by atoms with van der Waals surface area (Å²) in [6, 6.07) is 27.5. The van der Waals surface area contributed by atoms with Crippen LogP contribution in [0.4, 0.5) is 11.4 Å². The number of carbonyl (C=O) groups excluding carboxylic acids is 2. The third-order valence-electron chi connectivity index (χ3n) is 6.59. The van der Waals surface area contributed by atoms with E-state index in [1.807, 2.05) is 84.6 Å². The predicted molar refractivity (Wildman–Crippen MR) is 127 cm³/mol. The molecule has 32 heavy (non-hydrogen) atoms. The number of ketones is 1. The molecule has 1 unspecified atom stereocenters. The lowest BCUT2D eigenvalue weighted by atomic mass is 9.72. The Labute approximate surface area is 188 Å². The van der Waals surface area contributed by atoms with E-state index in [2.05, 4.69) is 12.1 Å². The second-order valence-electron chi connectivity index (χ2n) is 8.52. The molecule has 2 aliphatic rings. The molecule has 0 N–H and O–H groups in total. The molecule has 1 aliphatic heterocycles. The van der Waals surface area contributed by atoms with Gasteiger partial charge in [-0.3, -0.25) is 14.6 Å². The van der Waals surface area contributed by atoms with Crippen molar-refractivity contribution in [3.05, 3.63) is 96.1 Å². The zero-order chi connectivity index (χ0) is 22.1. The quantitative estimate of drug-likeness (QED) is 0.518. The van der Waals surface area contributed by atoms with Crippen molar-refractivity contribution in [2.45, 2.75) is 38.1 Å². The number of nitrogens with zero attached hydrogens (tertiary/aromatic N) is 2. The van der Waals surface area contributed by atoms with E-state index >= 15 is 0 Å². The van der Waals surface area contributed by atoms with Crippen LogP contribution in [0.15, 0.2) is 89.9 Å². The summed E-state index contributed by atoms with van der Waals surface area (Å²) in [4.78, 5) is 33.9. The van der Waals surface area contributed by atoms with E-state index in [0.717, 1.165) is 28.2 Å². The van der Waals surface area contributed by atoms with Crippen LogP contribution in [0.1, 0.15) is 49.3 Å². The highest BCUT2D eigenvalue weighted by Gasteiger charge is 2.45. The summed E-state index contributed by atoms with van der Waals surface area (Å²) in [5.41, 5.74) is 4.55. The van der Waals surface area contributed by atoms with Crippen LogP contribution in [0, 0.1) is 5.92 Å². The van der Waals surface area contributed by atoms with Gasteiger partial charge >= 0.3 is 0 Å². The van der Waals surface area contributed by atoms with Gasteiger partial charge in [0.05, 0.1) is 23.3 Å². The molecule has 4 nitrogen and oxygen atoms in total. The summed E-state index contributed by atoms with van der Waals surface area (Å²) in [5, 5.41) is 0. The molecule has 0 aromatic heterocycles. The Balaban J connectivity index is 1.69. The van der Waals surface area contributed by atoms with Gasteiger partial charge in [-0.2, -0.15) is 0 Å². The Morgan fingerprint density at radius 2 is 1.50 bits per heavy atom. The maximum absolute atomic E-state index is 13.7. The van der Waals surface area contributed by atoms with Gasteiger partial charge in [-0.1, -0.05) is 79.7 Å². The molecular weight excluding hydrogens is 396 g/mol. The van der Waals surface area contributed by atoms with Crippen molar-refractivity contribution >= 4 is 28.8 Å². The van der Waals surface area contributed by atoms with Crippen LogP contribution in [-0.2, 0) is 9.59 Å². The van der Waals surface area contributed by atoms with E-state index in [1.165, 1.54) is 0 Å². The Bertz CT molecular complexity index is 1170. The first-order valence-corrected chi connectivity index (χ1v) is 11.3. The SMILES string of the molecule is CCC(=O)N1c2ccccc2N=C2C[C@H](c3ccccc3)CC(=O)C2[C@H]1c1ccccc1. The van der Waals surface area contributed by atoms with Crippen LogP contribution in [0.2, 0.25) is 0 Å². The van der Waals surface area contributed by atoms with Gasteiger partial charge in [-0.05, 0) is 35.6 Å². The Hall–Kier alpha value is -3.53. The largest absolute Gasteiger partial charge is 0.302 e. The number of rotatable bonds is 3. The van der Waals surface area contributed by atoms with Gasteiger partial charge in [0, 0.05) is 18.6 Å². The summed E-state index contributed by atoms with van der Waals surface area (Å²) >= 11 is 0. The molecule has 0 radical (unpaired) electrons. The number of carbonyl (C=O) groups is 2. The summed E-state index contributed by atoms with van der Waals surface area (Å²) in [7, 11) is 0. The highest BCUT2D eigenvalue weighted by atomic mass is 16.2. The van der Waals surface area contributed by atoms with Gasteiger partial charge in [0.25, 0.3) is 0 Å². The van der Waals surface area contributed by atoms with E-state index in [0.29, 0.717) is 19.3 Å². The molecule has 3 aromatic carbocycles. The molecule has 1 aliphatic carbocycles. The maximum Gasteiger partial charge on any atom is 0.227 e. The molecular formula is C28H26N2O2. The molecule has 0 saturated heterocycles. The zero-order valence-corrected chi connectivity index (χ0v) is 18.1. The molecule has 5 rings (SSSR count). The van der Waals surface area contributed by atoms with Crippen LogP contribution in [0.5, 0.6) is 0 Å². The first-order valence-electron chi connectivity index (χ1n) is 11.3. The second kappa shape index (κ2) is 8.54. The van der Waals surface area contributed by atoms with Crippen molar-refractivity contribution in [1.29, 1.82) is 0 Å². The highest BCUT2D eigenvalue weighted by molar-refractivity contribution is 6.13. The smallest absolute Gasteiger partial charge is 0.227 e. The van der Waals surface area contributed by atoms with Crippen molar-refractivity contribution in [2.75, 3.05) is 4.90 Å². The number of aliphatic imine (C=N–C) groups is 1. The van der Waals surface area contributed by atoms with Crippen molar-refractivity contribution in [3.8, 4) is 0 Å². The highest BCUT2D eigenvalue weighted by Crippen LogP contribution is 2.47. The number of Topliss-reactive ketones (excluding diaryl/α,β-unsaturated/α-hetero) is 1. The molecule has 160 valence electrons. The minimum Gasteiger partial charge on any atom is -0.302 e. The third-order valence-corrected chi connectivity index (χ3v) is 6.59. The maximum atomic E-state index is 13.7. The van der Waals surface area contributed by atoms with Gasteiger partial charge in [0.15, 0.2) is 0 Å². The number of benzene rings is 3. The van der Waals surface area contributed by atoms with Crippen LogP contribution in [0.25, 0.3) is 0 Å². The normalized spacial score (nSPS) is 22.4. The number of fused-ring (bicyclic) bond motifs is 2.